The summed E-state index contributed by atoms with van der Waals surface area (Å²) < 4.78 is 30.6. The molecular weight excluding hydrogens is 776 g/mol. The van der Waals surface area contributed by atoms with Crippen LogP contribution < -0.4 is 38.1 Å². The minimum Gasteiger partial charge on any atom is -0.465 e. The van der Waals surface area contributed by atoms with Crippen LogP contribution in [-0.4, -0.2) is 71.9 Å². The molecule has 3 atom stereocenters. The van der Waals surface area contributed by atoms with Crippen LogP contribution in [0.2, 0.25) is 0 Å². The quantitative estimate of drug-likeness (QED) is 0.0148. The summed E-state index contributed by atoms with van der Waals surface area (Å²) in [4.78, 5) is 86.5. The van der Waals surface area contributed by atoms with E-state index in [1.807, 2.05) is 48.5 Å². The van der Waals surface area contributed by atoms with Crippen molar-refractivity contribution in [3.05, 3.63) is 118 Å². The molecule has 0 saturated carbocycles. The Kier molecular flexibility index (Phi) is 13.5. The molecule has 4 aromatic rings. The van der Waals surface area contributed by atoms with Crippen LogP contribution >= 0.6 is 0 Å². The summed E-state index contributed by atoms with van der Waals surface area (Å²) in [6, 6.07) is 20.7. The number of primary amides is 1. The van der Waals surface area contributed by atoms with E-state index in [0.717, 1.165) is 34.4 Å². The molecule has 0 bridgehead atoms. The number of hydrogen-bond acceptors (Lipinski definition) is 18. The van der Waals surface area contributed by atoms with Gasteiger partial charge in [0, 0.05) is 17.7 Å². The van der Waals surface area contributed by atoms with Gasteiger partial charge >= 0.3 is 30.0 Å². The number of amides is 1. The largest absolute Gasteiger partial charge is 0.514 e. The van der Waals surface area contributed by atoms with Crippen LogP contribution in [0.15, 0.2) is 91.0 Å². The van der Waals surface area contributed by atoms with Gasteiger partial charge in [0.15, 0.2) is 11.5 Å². The Hall–Kier alpha value is -7.42. The number of nitrogens with zero attached hydrogens (tertiary/aromatic N) is 1. The molecule has 4 aromatic carbocycles. The van der Waals surface area contributed by atoms with E-state index in [2.05, 4.69) is 0 Å². The van der Waals surface area contributed by atoms with Gasteiger partial charge in [0.25, 0.3) is 11.4 Å². The Morgan fingerprint density at radius 2 is 1.39 bits per heavy atom. The van der Waals surface area contributed by atoms with E-state index < -0.39 is 95.3 Å². The van der Waals surface area contributed by atoms with Gasteiger partial charge in [-0.3, -0.25) is 35.0 Å². The second kappa shape index (κ2) is 18.7. The second-order valence-electron chi connectivity index (χ2n) is 13.1. The van der Waals surface area contributed by atoms with Gasteiger partial charge in [0.2, 0.25) is 5.91 Å². The van der Waals surface area contributed by atoms with Crippen molar-refractivity contribution in [2.45, 2.75) is 43.2 Å². The zero-order valence-electron chi connectivity index (χ0n) is 31.0. The Morgan fingerprint density at radius 1 is 0.763 bits per heavy atom. The smallest absolute Gasteiger partial charge is 0.465 e. The third kappa shape index (κ3) is 10.9. The van der Waals surface area contributed by atoms with E-state index in [1.54, 1.807) is 24.3 Å². The molecule has 0 aliphatic heterocycles. The fourth-order valence-corrected chi connectivity index (χ4v) is 5.78. The standard InChI is InChI=1S/C39H38N6O14/c40-22-11-9-21(10-12-22)18-56-38(51)58-31-14-13-23(45(52)53)15-32(31)57-37(50)39(44,17-33(43)46)59-36(49)30(42)20-55-35(48)29(41)16-34(47)54-19-28-26-7-3-1-5-24(26)25-6-2-4-8-27(25)28/h1-15,28-30H,16-20,40-42,44H2,(H2,43,46). The lowest BCUT2D eigenvalue weighted by Gasteiger charge is -2.27. The number of ether oxygens (including phenoxy) is 6. The van der Waals surface area contributed by atoms with Crippen LogP contribution in [0.25, 0.3) is 11.1 Å². The van der Waals surface area contributed by atoms with Crippen LogP contribution in [0.5, 0.6) is 11.5 Å². The first-order valence-corrected chi connectivity index (χ1v) is 17.6. The van der Waals surface area contributed by atoms with Gasteiger partial charge in [-0.2, -0.15) is 0 Å². The third-order valence-corrected chi connectivity index (χ3v) is 8.71. The van der Waals surface area contributed by atoms with Crippen molar-refractivity contribution >= 4 is 47.3 Å². The summed E-state index contributed by atoms with van der Waals surface area (Å²) >= 11 is 0. The maximum Gasteiger partial charge on any atom is 0.514 e. The number of anilines is 1. The molecule has 0 spiro atoms. The molecular formula is C39H38N6O14. The van der Waals surface area contributed by atoms with Crippen molar-refractivity contribution in [2.75, 3.05) is 18.9 Å². The summed E-state index contributed by atoms with van der Waals surface area (Å²) in [5.74, 6) is -8.07. The second-order valence-corrected chi connectivity index (χ2v) is 13.1. The van der Waals surface area contributed by atoms with Crippen molar-refractivity contribution in [3.8, 4) is 22.6 Å². The Morgan fingerprint density at radius 3 is 2.00 bits per heavy atom. The maximum atomic E-state index is 13.3. The lowest BCUT2D eigenvalue weighted by molar-refractivity contribution is -0.384. The molecule has 308 valence electrons. The number of rotatable bonds is 17. The monoisotopic (exact) mass is 814 g/mol. The zero-order chi connectivity index (χ0) is 42.9. The van der Waals surface area contributed by atoms with Gasteiger partial charge in [-0.05, 0) is 46.0 Å². The van der Waals surface area contributed by atoms with Crippen molar-refractivity contribution in [2.24, 2.45) is 22.9 Å². The summed E-state index contributed by atoms with van der Waals surface area (Å²) in [7, 11) is 0. The topological polar surface area (TPSA) is 331 Å². The zero-order valence-corrected chi connectivity index (χ0v) is 31.0. The summed E-state index contributed by atoms with van der Waals surface area (Å²) in [6.45, 7) is -1.20. The molecule has 1 amide bonds. The fourth-order valence-electron chi connectivity index (χ4n) is 5.78. The van der Waals surface area contributed by atoms with Gasteiger partial charge in [-0.15, -0.1) is 0 Å². The number of hydrogen-bond donors (Lipinski definition) is 5. The molecule has 0 fully saturated rings. The number of benzene rings is 4. The van der Waals surface area contributed by atoms with Crippen molar-refractivity contribution in [3.63, 3.8) is 0 Å². The number of fused-ring (bicyclic) bond motifs is 3. The first-order chi connectivity index (χ1) is 28.0. The van der Waals surface area contributed by atoms with Crippen LogP contribution in [0.3, 0.4) is 0 Å². The molecule has 59 heavy (non-hydrogen) atoms. The SMILES string of the molecule is NC(=O)CC(N)(OC(=O)C(N)COC(=O)C(N)CC(=O)OCC1c2ccccc2-c2ccccc21)C(=O)Oc1cc([N+](=O)[O-])ccc1OC(=O)OCc1ccc(N)cc1. The highest BCUT2D eigenvalue weighted by Gasteiger charge is 2.44. The van der Waals surface area contributed by atoms with Gasteiger partial charge in [-0.25, -0.2) is 9.59 Å². The number of non-ortho nitro benzene ring substituents is 1. The summed E-state index contributed by atoms with van der Waals surface area (Å²) in [6.07, 6.45) is -3.12. The molecule has 0 heterocycles. The van der Waals surface area contributed by atoms with E-state index in [-0.39, 0.29) is 19.1 Å². The average Bonchev–Trinajstić information content (AvgIpc) is 3.52. The Labute approximate surface area is 334 Å². The number of nitrogens with two attached hydrogens (primary N) is 5. The minimum atomic E-state index is -3.03. The lowest BCUT2D eigenvalue weighted by Crippen LogP contribution is -2.58. The van der Waals surface area contributed by atoms with E-state index in [1.165, 1.54) is 0 Å². The highest BCUT2D eigenvalue weighted by Crippen LogP contribution is 2.44. The predicted molar refractivity (Wildman–Crippen MR) is 203 cm³/mol. The first kappa shape index (κ1) is 42.7. The summed E-state index contributed by atoms with van der Waals surface area (Å²) in [5.41, 5.74) is 29.8. The normalized spacial score (nSPS) is 13.6. The molecule has 5 rings (SSSR count). The van der Waals surface area contributed by atoms with Gasteiger partial charge in [0.1, 0.15) is 31.9 Å². The number of nitro benzene ring substituents is 1. The number of carbonyl (C=O) groups excluding carboxylic acids is 6. The van der Waals surface area contributed by atoms with Crippen LogP contribution in [0.1, 0.15) is 35.4 Å². The summed E-state index contributed by atoms with van der Waals surface area (Å²) in [5, 5.41) is 11.5. The Balaban J connectivity index is 1.16. The lowest BCUT2D eigenvalue weighted by atomic mass is 9.98. The van der Waals surface area contributed by atoms with Gasteiger partial charge in [-0.1, -0.05) is 60.7 Å². The van der Waals surface area contributed by atoms with E-state index >= 15 is 0 Å². The number of nitro groups is 1. The molecule has 1 aliphatic carbocycles. The van der Waals surface area contributed by atoms with Crippen molar-refractivity contribution in [1.29, 1.82) is 0 Å². The molecule has 3 unspecified atom stereocenters. The van der Waals surface area contributed by atoms with Gasteiger partial charge in [0.05, 0.1) is 23.8 Å². The van der Waals surface area contributed by atoms with Crippen LogP contribution in [-0.2, 0) is 49.5 Å². The molecule has 1 aliphatic rings. The third-order valence-electron chi connectivity index (χ3n) is 8.71. The first-order valence-electron chi connectivity index (χ1n) is 17.6. The van der Waals surface area contributed by atoms with E-state index in [0.29, 0.717) is 17.3 Å². The molecule has 10 N–H and O–H groups in total. The highest BCUT2D eigenvalue weighted by molar-refractivity contribution is 5.91. The molecule has 20 heteroatoms. The number of esters is 4. The molecule has 0 aromatic heterocycles. The average molecular weight is 815 g/mol. The maximum absolute atomic E-state index is 13.3. The predicted octanol–water partition coefficient (Wildman–Crippen LogP) is 1.82. The fraction of sp³-hybridized carbons (Fsp3) is 0.231. The number of carbonyl (C=O) groups is 6. The molecule has 0 saturated heterocycles. The molecule has 0 radical (unpaired) electrons. The van der Waals surface area contributed by atoms with Crippen LogP contribution in [0.4, 0.5) is 16.2 Å². The van der Waals surface area contributed by atoms with Crippen molar-refractivity contribution in [1.82, 2.24) is 0 Å². The van der Waals surface area contributed by atoms with E-state index in [9.17, 15) is 38.9 Å². The van der Waals surface area contributed by atoms with Crippen LogP contribution in [0, 0.1) is 10.1 Å². The van der Waals surface area contributed by atoms with E-state index in [4.69, 9.17) is 57.1 Å². The Bertz CT molecular complexity index is 2220. The number of nitrogen functional groups attached to an aromatic ring is 1. The molecule has 20 nitrogen and oxygen atoms in total. The van der Waals surface area contributed by atoms with Gasteiger partial charge < -0.3 is 51.4 Å². The minimum absolute atomic E-state index is 0.0206. The van der Waals surface area contributed by atoms with Crippen molar-refractivity contribution < 1.29 is 62.1 Å². The highest BCUT2D eigenvalue weighted by atomic mass is 16.7.